The van der Waals surface area contributed by atoms with Crippen LogP contribution in [-0.4, -0.2) is 18.7 Å². The van der Waals surface area contributed by atoms with E-state index in [0.29, 0.717) is 16.7 Å². The second kappa shape index (κ2) is 6.34. The van der Waals surface area contributed by atoms with Crippen molar-refractivity contribution in [1.82, 2.24) is 5.32 Å². The van der Waals surface area contributed by atoms with Gasteiger partial charge in [-0.15, -0.1) is 0 Å². The van der Waals surface area contributed by atoms with Crippen molar-refractivity contribution in [1.29, 1.82) is 0 Å². The maximum absolute atomic E-state index is 5.96. The predicted octanol–water partition coefficient (Wildman–Crippen LogP) is 4.79. The van der Waals surface area contributed by atoms with Crippen LogP contribution in [0, 0.1) is 5.41 Å². The molecule has 0 saturated carbocycles. The van der Waals surface area contributed by atoms with Gasteiger partial charge >= 0.3 is 0 Å². The molecule has 0 atom stereocenters. The van der Waals surface area contributed by atoms with Gasteiger partial charge in [0.1, 0.15) is 5.75 Å². The summed E-state index contributed by atoms with van der Waals surface area (Å²) in [4.78, 5) is 0. The normalized spacial score (nSPS) is 12.6. The van der Waals surface area contributed by atoms with Crippen molar-refractivity contribution < 1.29 is 4.74 Å². The molecule has 0 saturated heterocycles. The Hall–Kier alpha value is -0.440. The molecule has 19 heavy (non-hydrogen) atoms. The first-order chi connectivity index (χ1) is 8.59. The van der Waals surface area contributed by atoms with Crippen molar-refractivity contribution in [3.8, 4) is 5.75 Å². The maximum atomic E-state index is 5.96. The Morgan fingerprint density at radius 3 is 2.21 bits per heavy atom. The van der Waals surface area contributed by atoms with Crippen LogP contribution in [0.3, 0.4) is 0 Å². The third-order valence-electron chi connectivity index (χ3n) is 2.62. The first kappa shape index (κ1) is 16.6. The van der Waals surface area contributed by atoms with Crippen molar-refractivity contribution in [3.05, 3.63) is 28.2 Å². The number of benzene rings is 1. The van der Waals surface area contributed by atoms with Gasteiger partial charge in [-0.2, -0.15) is 0 Å². The number of ether oxygens (including phenoxy) is 1. The molecule has 0 aliphatic rings. The van der Waals surface area contributed by atoms with E-state index in [-0.39, 0.29) is 11.0 Å². The molecule has 1 aromatic rings. The molecule has 2 nitrogen and oxygen atoms in total. The summed E-state index contributed by atoms with van der Waals surface area (Å²) in [6, 6.07) is 5.33. The van der Waals surface area contributed by atoms with Crippen LogP contribution in [0.25, 0.3) is 0 Å². The van der Waals surface area contributed by atoms with Crippen LogP contribution in [0.1, 0.15) is 34.6 Å². The van der Waals surface area contributed by atoms with Gasteiger partial charge in [-0.1, -0.05) is 37.0 Å². The minimum Gasteiger partial charge on any atom is -0.493 e. The van der Waals surface area contributed by atoms with Crippen molar-refractivity contribution in [2.45, 2.75) is 40.2 Å². The second-order valence-corrected chi connectivity index (χ2v) is 7.45. The third-order valence-corrected chi connectivity index (χ3v) is 3.36. The summed E-state index contributed by atoms with van der Waals surface area (Å²) in [6.45, 7) is 12.3. The lowest BCUT2D eigenvalue weighted by atomic mass is 9.93. The molecule has 0 heterocycles. The standard InChI is InChI=1S/C15H23Cl2NO/c1-14(2,3)18-9-15(4,5)10-19-11-6-7-12(16)13(17)8-11/h6-8,18H,9-10H2,1-5H3. The van der Waals surface area contributed by atoms with Crippen LogP contribution in [-0.2, 0) is 0 Å². The topological polar surface area (TPSA) is 21.3 Å². The Morgan fingerprint density at radius 2 is 1.68 bits per heavy atom. The van der Waals surface area contributed by atoms with Gasteiger partial charge in [0, 0.05) is 23.6 Å². The molecule has 1 aromatic carbocycles. The molecule has 1 N–H and O–H groups in total. The summed E-state index contributed by atoms with van der Waals surface area (Å²) in [5.74, 6) is 0.748. The van der Waals surface area contributed by atoms with Crippen LogP contribution < -0.4 is 10.1 Å². The van der Waals surface area contributed by atoms with Gasteiger partial charge in [0.25, 0.3) is 0 Å². The van der Waals surface area contributed by atoms with E-state index in [4.69, 9.17) is 27.9 Å². The number of hydrogen-bond acceptors (Lipinski definition) is 2. The zero-order valence-electron chi connectivity index (χ0n) is 12.3. The van der Waals surface area contributed by atoms with E-state index in [1.807, 2.05) is 6.07 Å². The smallest absolute Gasteiger partial charge is 0.120 e. The van der Waals surface area contributed by atoms with E-state index < -0.39 is 0 Å². The van der Waals surface area contributed by atoms with Crippen LogP contribution in [0.15, 0.2) is 18.2 Å². The number of hydrogen-bond donors (Lipinski definition) is 1. The average molecular weight is 304 g/mol. The highest BCUT2D eigenvalue weighted by molar-refractivity contribution is 6.42. The largest absolute Gasteiger partial charge is 0.493 e. The first-order valence-electron chi connectivity index (χ1n) is 6.42. The number of nitrogens with one attached hydrogen (secondary N) is 1. The van der Waals surface area contributed by atoms with E-state index in [1.54, 1.807) is 12.1 Å². The second-order valence-electron chi connectivity index (χ2n) is 6.63. The van der Waals surface area contributed by atoms with Gasteiger partial charge in [-0.05, 0) is 32.9 Å². The van der Waals surface area contributed by atoms with Gasteiger partial charge in [0.15, 0.2) is 0 Å². The Kier molecular flexibility index (Phi) is 5.54. The first-order valence-corrected chi connectivity index (χ1v) is 7.18. The van der Waals surface area contributed by atoms with E-state index in [9.17, 15) is 0 Å². The summed E-state index contributed by atoms with van der Waals surface area (Å²) in [5.41, 5.74) is 0.153. The van der Waals surface area contributed by atoms with E-state index >= 15 is 0 Å². The third kappa shape index (κ3) is 6.51. The van der Waals surface area contributed by atoms with Crippen molar-refractivity contribution in [2.24, 2.45) is 5.41 Å². The highest BCUT2D eigenvalue weighted by atomic mass is 35.5. The minimum atomic E-state index is 0.0411. The van der Waals surface area contributed by atoms with Gasteiger partial charge in [-0.3, -0.25) is 0 Å². The van der Waals surface area contributed by atoms with Gasteiger partial charge in [0.05, 0.1) is 16.7 Å². The fourth-order valence-electron chi connectivity index (χ4n) is 1.40. The lowest BCUT2D eigenvalue weighted by molar-refractivity contribution is 0.166. The van der Waals surface area contributed by atoms with Gasteiger partial charge in [0.2, 0.25) is 0 Å². The monoisotopic (exact) mass is 303 g/mol. The Balaban J connectivity index is 2.52. The van der Waals surface area contributed by atoms with Crippen molar-refractivity contribution in [3.63, 3.8) is 0 Å². The zero-order chi connectivity index (χ0) is 14.7. The predicted molar refractivity (Wildman–Crippen MR) is 83.5 cm³/mol. The molecule has 0 aliphatic heterocycles. The molecule has 0 bridgehead atoms. The molecule has 0 radical (unpaired) electrons. The molecule has 0 unspecified atom stereocenters. The molecule has 1 rings (SSSR count). The van der Waals surface area contributed by atoms with E-state index in [2.05, 4.69) is 39.9 Å². The summed E-state index contributed by atoms with van der Waals surface area (Å²) in [6.07, 6.45) is 0. The molecule has 0 aliphatic carbocycles. The maximum Gasteiger partial charge on any atom is 0.120 e. The van der Waals surface area contributed by atoms with E-state index in [0.717, 1.165) is 12.3 Å². The molecular weight excluding hydrogens is 281 g/mol. The highest BCUT2D eigenvalue weighted by Gasteiger charge is 2.22. The summed E-state index contributed by atoms with van der Waals surface area (Å²) >= 11 is 11.8. The van der Waals surface area contributed by atoms with Gasteiger partial charge < -0.3 is 10.1 Å². The summed E-state index contributed by atoms with van der Waals surface area (Å²) < 4.78 is 5.79. The van der Waals surface area contributed by atoms with Crippen LogP contribution in [0.4, 0.5) is 0 Å². The molecule has 0 amide bonds. The Bertz CT molecular complexity index is 425. The SMILES string of the molecule is CC(C)(CNC(C)(C)C)COc1ccc(Cl)c(Cl)c1. The molecule has 108 valence electrons. The Labute approximate surface area is 126 Å². The van der Waals surface area contributed by atoms with Gasteiger partial charge in [-0.25, -0.2) is 0 Å². The average Bonchev–Trinajstić information content (AvgIpc) is 2.28. The van der Waals surface area contributed by atoms with Crippen molar-refractivity contribution >= 4 is 23.2 Å². The molecular formula is C15H23Cl2NO. The molecule has 0 aromatic heterocycles. The fraction of sp³-hybridized carbons (Fsp3) is 0.600. The fourth-order valence-corrected chi connectivity index (χ4v) is 1.69. The Morgan fingerprint density at radius 1 is 1.05 bits per heavy atom. The lowest BCUT2D eigenvalue weighted by Crippen LogP contribution is -2.43. The van der Waals surface area contributed by atoms with Crippen LogP contribution >= 0.6 is 23.2 Å². The highest BCUT2D eigenvalue weighted by Crippen LogP contribution is 2.27. The van der Waals surface area contributed by atoms with Crippen LogP contribution in [0.2, 0.25) is 10.0 Å². The van der Waals surface area contributed by atoms with Crippen LogP contribution in [0.5, 0.6) is 5.75 Å². The lowest BCUT2D eigenvalue weighted by Gasteiger charge is -2.30. The number of rotatable bonds is 5. The molecule has 4 heteroatoms. The minimum absolute atomic E-state index is 0.0411. The van der Waals surface area contributed by atoms with E-state index in [1.165, 1.54) is 0 Å². The molecule has 0 spiro atoms. The molecule has 0 fully saturated rings. The number of halogens is 2. The summed E-state index contributed by atoms with van der Waals surface area (Å²) in [5, 5.41) is 4.55. The quantitative estimate of drug-likeness (QED) is 0.844. The summed E-state index contributed by atoms with van der Waals surface area (Å²) in [7, 11) is 0. The van der Waals surface area contributed by atoms with Crippen molar-refractivity contribution in [2.75, 3.05) is 13.2 Å². The zero-order valence-corrected chi connectivity index (χ0v) is 13.8.